The highest BCUT2D eigenvalue weighted by Gasteiger charge is 2.41. The zero-order valence-electron chi connectivity index (χ0n) is 14.7. The summed E-state index contributed by atoms with van der Waals surface area (Å²) in [5.74, 6) is 2.20. The van der Waals surface area contributed by atoms with Gasteiger partial charge < -0.3 is 9.64 Å². The van der Waals surface area contributed by atoms with Crippen LogP contribution in [0, 0.1) is 11.8 Å². The van der Waals surface area contributed by atoms with Gasteiger partial charge >= 0.3 is 0 Å². The maximum absolute atomic E-state index is 13.3. The maximum Gasteiger partial charge on any atom is 0.229 e. The number of hydrogen-bond acceptors (Lipinski definition) is 2. The molecule has 1 aromatic rings. The number of benzene rings is 1. The number of fused-ring (bicyclic) bond motifs is 1. The summed E-state index contributed by atoms with van der Waals surface area (Å²) >= 11 is 0. The molecule has 1 aliphatic heterocycles. The summed E-state index contributed by atoms with van der Waals surface area (Å²) in [7, 11) is 0. The molecule has 1 unspecified atom stereocenters. The van der Waals surface area contributed by atoms with Crippen molar-refractivity contribution in [1.82, 2.24) is 4.90 Å². The standard InChI is InChI=1S/C21H29NO2/c1-2-15-7-9-18(10-8-15)22(19-11-12-19)21(23)17-13-16-5-3-4-6-20(16)24-14-17/h3-6,15,17-19H,2,7-14H2,1H3. The molecule has 3 aliphatic rings. The van der Waals surface area contributed by atoms with E-state index in [0.717, 1.165) is 18.1 Å². The van der Waals surface area contributed by atoms with E-state index in [0.29, 0.717) is 24.6 Å². The Morgan fingerprint density at radius 3 is 2.42 bits per heavy atom. The van der Waals surface area contributed by atoms with Gasteiger partial charge in [0.05, 0.1) is 5.92 Å². The predicted octanol–water partition coefficient (Wildman–Crippen LogP) is 4.20. The molecule has 2 aliphatic carbocycles. The first-order valence-corrected chi connectivity index (χ1v) is 9.79. The van der Waals surface area contributed by atoms with Crippen molar-refractivity contribution in [2.24, 2.45) is 11.8 Å². The second-order valence-electron chi connectivity index (χ2n) is 7.88. The van der Waals surface area contributed by atoms with Gasteiger partial charge in [-0.25, -0.2) is 0 Å². The van der Waals surface area contributed by atoms with Gasteiger partial charge in [-0.15, -0.1) is 0 Å². The topological polar surface area (TPSA) is 29.5 Å². The van der Waals surface area contributed by atoms with Crippen molar-refractivity contribution in [3.8, 4) is 5.75 Å². The summed E-state index contributed by atoms with van der Waals surface area (Å²) < 4.78 is 5.88. The van der Waals surface area contributed by atoms with Gasteiger partial charge in [-0.05, 0) is 62.5 Å². The number of rotatable bonds is 4. The minimum Gasteiger partial charge on any atom is -0.492 e. The highest BCUT2D eigenvalue weighted by Crippen LogP contribution is 2.38. The molecule has 0 spiro atoms. The average Bonchev–Trinajstić information content (AvgIpc) is 3.47. The van der Waals surface area contributed by atoms with Crippen molar-refractivity contribution in [3.63, 3.8) is 0 Å². The van der Waals surface area contributed by atoms with Gasteiger partial charge in [-0.1, -0.05) is 31.5 Å². The number of ether oxygens (including phenoxy) is 1. The number of para-hydroxylation sites is 1. The first-order valence-electron chi connectivity index (χ1n) is 9.79. The summed E-state index contributed by atoms with van der Waals surface area (Å²) in [6, 6.07) is 9.15. The Morgan fingerprint density at radius 2 is 1.75 bits per heavy atom. The summed E-state index contributed by atoms with van der Waals surface area (Å²) in [5.41, 5.74) is 1.19. The zero-order valence-corrected chi connectivity index (χ0v) is 14.7. The van der Waals surface area contributed by atoms with Crippen molar-refractivity contribution in [1.29, 1.82) is 0 Å². The summed E-state index contributed by atoms with van der Waals surface area (Å²) in [6.07, 6.45) is 9.51. The number of nitrogens with zero attached hydrogens (tertiary/aromatic N) is 1. The van der Waals surface area contributed by atoms with Crippen LogP contribution in [0.15, 0.2) is 24.3 Å². The summed E-state index contributed by atoms with van der Waals surface area (Å²) in [6.45, 7) is 2.84. The molecular weight excluding hydrogens is 298 g/mol. The Labute approximate surface area is 145 Å². The smallest absolute Gasteiger partial charge is 0.229 e. The van der Waals surface area contributed by atoms with Crippen LogP contribution in [0.4, 0.5) is 0 Å². The first kappa shape index (κ1) is 16.0. The second kappa shape index (κ2) is 6.78. The minimum absolute atomic E-state index is 0.00407. The van der Waals surface area contributed by atoms with Gasteiger partial charge in [0.2, 0.25) is 5.91 Å². The first-order chi connectivity index (χ1) is 11.8. The van der Waals surface area contributed by atoms with E-state index in [1.54, 1.807) is 0 Å². The van der Waals surface area contributed by atoms with Crippen LogP contribution in [-0.4, -0.2) is 29.5 Å². The van der Waals surface area contributed by atoms with E-state index < -0.39 is 0 Å². The van der Waals surface area contributed by atoms with E-state index in [-0.39, 0.29) is 5.92 Å². The molecule has 0 aromatic heterocycles. The Morgan fingerprint density at radius 1 is 1.08 bits per heavy atom. The normalized spacial score (nSPS) is 29.5. The third-order valence-corrected chi connectivity index (χ3v) is 6.21. The fourth-order valence-electron chi connectivity index (χ4n) is 4.54. The molecule has 1 heterocycles. The van der Waals surface area contributed by atoms with Crippen LogP contribution in [0.5, 0.6) is 5.75 Å². The number of hydrogen-bond donors (Lipinski definition) is 0. The van der Waals surface area contributed by atoms with Crippen LogP contribution in [0.1, 0.15) is 57.4 Å². The van der Waals surface area contributed by atoms with Gasteiger partial charge in [-0.2, -0.15) is 0 Å². The lowest BCUT2D eigenvalue weighted by Crippen LogP contribution is -2.48. The second-order valence-corrected chi connectivity index (χ2v) is 7.88. The highest BCUT2D eigenvalue weighted by molar-refractivity contribution is 5.80. The Kier molecular flexibility index (Phi) is 4.51. The van der Waals surface area contributed by atoms with Crippen molar-refractivity contribution < 1.29 is 9.53 Å². The van der Waals surface area contributed by atoms with E-state index in [2.05, 4.69) is 17.9 Å². The van der Waals surface area contributed by atoms with Crippen LogP contribution >= 0.6 is 0 Å². The van der Waals surface area contributed by atoms with E-state index in [9.17, 15) is 4.79 Å². The van der Waals surface area contributed by atoms with Gasteiger partial charge in [0, 0.05) is 12.1 Å². The van der Waals surface area contributed by atoms with Gasteiger partial charge in [-0.3, -0.25) is 4.79 Å². The Balaban J connectivity index is 1.45. The molecule has 130 valence electrons. The molecule has 2 saturated carbocycles. The molecule has 1 atom stereocenters. The van der Waals surface area contributed by atoms with Crippen LogP contribution < -0.4 is 4.74 Å². The number of amides is 1. The number of carbonyl (C=O) groups is 1. The zero-order chi connectivity index (χ0) is 16.5. The quantitative estimate of drug-likeness (QED) is 0.829. The van der Waals surface area contributed by atoms with E-state index >= 15 is 0 Å². The molecule has 24 heavy (non-hydrogen) atoms. The lowest BCUT2D eigenvalue weighted by atomic mass is 9.83. The fourth-order valence-corrected chi connectivity index (χ4v) is 4.54. The van der Waals surface area contributed by atoms with Gasteiger partial charge in [0.15, 0.2) is 0 Å². The van der Waals surface area contributed by atoms with E-state index in [1.165, 1.54) is 50.5 Å². The average molecular weight is 327 g/mol. The molecule has 1 amide bonds. The molecule has 3 heteroatoms. The molecule has 3 nitrogen and oxygen atoms in total. The van der Waals surface area contributed by atoms with Crippen molar-refractivity contribution in [2.75, 3.05) is 6.61 Å². The van der Waals surface area contributed by atoms with Crippen LogP contribution in [0.2, 0.25) is 0 Å². The third kappa shape index (κ3) is 3.18. The monoisotopic (exact) mass is 327 g/mol. The molecule has 0 bridgehead atoms. The Bertz CT molecular complexity index is 587. The molecule has 0 radical (unpaired) electrons. The summed E-state index contributed by atoms with van der Waals surface area (Å²) in [4.78, 5) is 15.6. The SMILES string of the molecule is CCC1CCC(N(C(=O)C2COc3ccccc3C2)C2CC2)CC1. The van der Waals surface area contributed by atoms with Crippen molar-refractivity contribution >= 4 is 5.91 Å². The van der Waals surface area contributed by atoms with Crippen LogP contribution in [0.25, 0.3) is 0 Å². The molecule has 0 N–H and O–H groups in total. The lowest BCUT2D eigenvalue weighted by Gasteiger charge is -2.39. The fraction of sp³-hybridized carbons (Fsp3) is 0.667. The van der Waals surface area contributed by atoms with Gasteiger partial charge in [0.1, 0.15) is 12.4 Å². The van der Waals surface area contributed by atoms with Crippen molar-refractivity contribution in [2.45, 2.75) is 70.4 Å². The third-order valence-electron chi connectivity index (χ3n) is 6.21. The largest absolute Gasteiger partial charge is 0.492 e. The maximum atomic E-state index is 13.3. The predicted molar refractivity (Wildman–Crippen MR) is 95.0 cm³/mol. The van der Waals surface area contributed by atoms with Crippen molar-refractivity contribution in [3.05, 3.63) is 29.8 Å². The van der Waals surface area contributed by atoms with Crippen LogP contribution in [-0.2, 0) is 11.2 Å². The molecule has 0 saturated heterocycles. The molecule has 4 rings (SSSR count). The highest BCUT2D eigenvalue weighted by atomic mass is 16.5. The molecular formula is C21H29NO2. The lowest BCUT2D eigenvalue weighted by molar-refractivity contribution is -0.141. The van der Waals surface area contributed by atoms with Crippen LogP contribution in [0.3, 0.4) is 0 Å². The molecule has 1 aromatic carbocycles. The van der Waals surface area contributed by atoms with E-state index in [4.69, 9.17) is 4.74 Å². The van der Waals surface area contributed by atoms with Gasteiger partial charge in [0.25, 0.3) is 0 Å². The Hall–Kier alpha value is -1.51. The molecule has 2 fully saturated rings. The van der Waals surface area contributed by atoms with E-state index in [1.807, 2.05) is 18.2 Å². The minimum atomic E-state index is 0.00407. The summed E-state index contributed by atoms with van der Waals surface area (Å²) in [5, 5.41) is 0. The number of carbonyl (C=O) groups excluding carboxylic acids is 1.